The largest absolute Gasteiger partial charge is 0.488 e. The maximum atomic E-state index is 12.9. The smallest absolute Gasteiger partial charge is 0.267 e. The molecule has 1 atom stereocenters. The fourth-order valence-corrected chi connectivity index (χ4v) is 3.75. The van der Waals surface area contributed by atoms with Crippen LogP contribution in [0.1, 0.15) is 43.1 Å². The lowest BCUT2D eigenvalue weighted by atomic mass is 9.94. The van der Waals surface area contributed by atoms with Gasteiger partial charge in [-0.15, -0.1) is 0 Å². The van der Waals surface area contributed by atoms with E-state index in [1.807, 2.05) is 4.90 Å². The molecule has 0 spiro atoms. The van der Waals surface area contributed by atoms with Gasteiger partial charge in [-0.2, -0.15) is 0 Å². The molecule has 1 aromatic heterocycles. The van der Waals surface area contributed by atoms with Crippen molar-refractivity contribution in [3.05, 3.63) is 24.0 Å². The van der Waals surface area contributed by atoms with Crippen molar-refractivity contribution < 1.29 is 19.1 Å². The minimum absolute atomic E-state index is 0.0262. The molecule has 2 N–H and O–H groups in total. The zero-order valence-electron chi connectivity index (χ0n) is 15.6. The second-order valence-electron chi connectivity index (χ2n) is 7.19. The van der Waals surface area contributed by atoms with E-state index in [0.29, 0.717) is 38.2 Å². The highest BCUT2D eigenvalue weighted by molar-refractivity contribution is 5.91. The molecule has 0 aromatic carbocycles. The molecule has 0 radical (unpaired) electrons. The molecule has 27 heavy (non-hydrogen) atoms. The fraction of sp³-hybridized carbons (Fsp3) is 0.579. The van der Waals surface area contributed by atoms with Gasteiger partial charge < -0.3 is 20.3 Å². The molecule has 2 aliphatic heterocycles. The number of nitrogens with two attached hydrogens (primary N) is 1. The Hall–Kier alpha value is -2.64. The Labute approximate surface area is 158 Å². The van der Waals surface area contributed by atoms with Gasteiger partial charge in [-0.25, -0.2) is 0 Å². The number of hydrogen-bond donors (Lipinski definition) is 1. The number of primary amides is 1. The Kier molecular flexibility index (Phi) is 5.93. The third-order valence-corrected chi connectivity index (χ3v) is 5.27. The summed E-state index contributed by atoms with van der Waals surface area (Å²) >= 11 is 0. The highest BCUT2D eigenvalue weighted by Gasteiger charge is 2.32. The molecule has 0 aliphatic carbocycles. The highest BCUT2D eigenvalue weighted by Crippen LogP contribution is 2.24. The van der Waals surface area contributed by atoms with Crippen LogP contribution in [0.15, 0.2) is 18.3 Å². The van der Waals surface area contributed by atoms with Gasteiger partial charge in [0.05, 0.1) is 6.54 Å². The van der Waals surface area contributed by atoms with E-state index in [1.165, 1.54) is 12.3 Å². The van der Waals surface area contributed by atoms with Gasteiger partial charge in [-0.1, -0.05) is 0 Å². The molecule has 0 saturated carbocycles. The van der Waals surface area contributed by atoms with Crippen LogP contribution >= 0.6 is 0 Å². The second-order valence-corrected chi connectivity index (χ2v) is 7.19. The summed E-state index contributed by atoms with van der Waals surface area (Å²) in [5.74, 6) is 0.131. The van der Waals surface area contributed by atoms with Crippen LogP contribution in [0.25, 0.3) is 0 Å². The molecule has 2 fully saturated rings. The van der Waals surface area contributed by atoms with Gasteiger partial charge in [0.2, 0.25) is 11.8 Å². The summed E-state index contributed by atoms with van der Waals surface area (Å²) in [6.45, 7) is 4.12. The van der Waals surface area contributed by atoms with E-state index in [2.05, 4.69) is 4.98 Å². The monoisotopic (exact) mass is 374 g/mol. The van der Waals surface area contributed by atoms with Crippen LogP contribution < -0.4 is 10.5 Å². The Morgan fingerprint density at radius 1 is 1.15 bits per heavy atom. The zero-order chi connectivity index (χ0) is 19.4. The van der Waals surface area contributed by atoms with Crippen LogP contribution in [0.4, 0.5) is 0 Å². The summed E-state index contributed by atoms with van der Waals surface area (Å²) in [4.78, 5) is 43.1. The molecule has 8 nitrogen and oxygen atoms in total. The zero-order valence-corrected chi connectivity index (χ0v) is 15.6. The summed E-state index contributed by atoms with van der Waals surface area (Å²) in [5.41, 5.74) is 5.41. The van der Waals surface area contributed by atoms with Gasteiger partial charge in [0.25, 0.3) is 5.91 Å². The van der Waals surface area contributed by atoms with Gasteiger partial charge in [0.1, 0.15) is 17.5 Å². The summed E-state index contributed by atoms with van der Waals surface area (Å²) < 4.78 is 5.97. The van der Waals surface area contributed by atoms with Gasteiger partial charge in [0, 0.05) is 44.7 Å². The maximum Gasteiger partial charge on any atom is 0.267 e. The molecule has 0 bridgehead atoms. The number of nitrogens with zero attached hydrogens (tertiary/aromatic N) is 3. The number of piperidine rings is 2. The first-order chi connectivity index (χ1) is 12.9. The van der Waals surface area contributed by atoms with Crippen LogP contribution in [0.2, 0.25) is 0 Å². The van der Waals surface area contributed by atoms with Crippen LogP contribution in [0.5, 0.6) is 5.75 Å². The average molecular weight is 374 g/mol. The molecule has 3 amide bonds. The van der Waals surface area contributed by atoms with E-state index >= 15 is 0 Å². The number of ether oxygens (including phenoxy) is 1. The molecule has 1 unspecified atom stereocenters. The number of aromatic nitrogens is 1. The van der Waals surface area contributed by atoms with Crippen molar-refractivity contribution in [2.75, 3.05) is 26.2 Å². The lowest BCUT2D eigenvalue weighted by Gasteiger charge is -2.37. The number of pyridine rings is 1. The third kappa shape index (κ3) is 4.75. The van der Waals surface area contributed by atoms with E-state index < -0.39 is 5.91 Å². The normalized spacial score (nSPS) is 21.0. The van der Waals surface area contributed by atoms with Crippen molar-refractivity contribution in [3.8, 4) is 5.75 Å². The first kappa shape index (κ1) is 19.1. The first-order valence-electron chi connectivity index (χ1n) is 9.41. The highest BCUT2D eigenvalue weighted by atomic mass is 16.5. The molecule has 3 heterocycles. The van der Waals surface area contributed by atoms with Crippen LogP contribution in [-0.2, 0) is 9.59 Å². The number of likely N-dealkylation sites (tertiary alicyclic amines) is 2. The minimum Gasteiger partial charge on any atom is -0.488 e. The molecule has 2 saturated heterocycles. The van der Waals surface area contributed by atoms with Crippen molar-refractivity contribution in [2.45, 2.75) is 38.7 Å². The van der Waals surface area contributed by atoms with E-state index in [1.54, 1.807) is 17.9 Å². The second kappa shape index (κ2) is 8.37. The topological polar surface area (TPSA) is 106 Å². The Bertz CT molecular complexity index is 715. The Morgan fingerprint density at radius 3 is 2.56 bits per heavy atom. The van der Waals surface area contributed by atoms with Gasteiger partial charge in [-0.05, 0) is 31.7 Å². The van der Waals surface area contributed by atoms with Crippen molar-refractivity contribution in [1.29, 1.82) is 0 Å². The SMILES string of the molecule is CC(=O)N1CCC(C(=O)N2CCCC(Oc3ccnc(C(N)=O)c3)C2)CC1. The maximum absolute atomic E-state index is 12.9. The predicted octanol–water partition coefficient (Wildman–Crippen LogP) is 0.809. The summed E-state index contributed by atoms with van der Waals surface area (Å²) in [7, 11) is 0. The van der Waals surface area contributed by atoms with Crippen molar-refractivity contribution in [3.63, 3.8) is 0 Å². The number of carbonyl (C=O) groups excluding carboxylic acids is 3. The molecule has 8 heteroatoms. The van der Waals surface area contributed by atoms with E-state index in [4.69, 9.17) is 10.5 Å². The van der Waals surface area contributed by atoms with Crippen LogP contribution in [-0.4, -0.2) is 64.8 Å². The lowest BCUT2D eigenvalue weighted by molar-refractivity contribution is -0.142. The molecule has 2 aliphatic rings. The average Bonchev–Trinajstić information content (AvgIpc) is 2.68. The minimum atomic E-state index is -0.599. The third-order valence-electron chi connectivity index (χ3n) is 5.27. The molecular weight excluding hydrogens is 348 g/mol. The van der Waals surface area contributed by atoms with Gasteiger partial charge in [0.15, 0.2) is 0 Å². The first-order valence-corrected chi connectivity index (χ1v) is 9.41. The van der Waals surface area contributed by atoms with E-state index in [-0.39, 0.29) is 29.5 Å². The van der Waals surface area contributed by atoms with Crippen LogP contribution in [0.3, 0.4) is 0 Å². The number of amides is 3. The van der Waals surface area contributed by atoms with Crippen molar-refractivity contribution >= 4 is 17.7 Å². The van der Waals surface area contributed by atoms with Crippen LogP contribution in [0, 0.1) is 5.92 Å². The van der Waals surface area contributed by atoms with E-state index in [0.717, 1.165) is 19.4 Å². The number of carbonyl (C=O) groups is 3. The van der Waals surface area contributed by atoms with Gasteiger partial charge in [-0.3, -0.25) is 19.4 Å². The molecule has 1 aromatic rings. The Morgan fingerprint density at radius 2 is 1.89 bits per heavy atom. The summed E-state index contributed by atoms with van der Waals surface area (Å²) in [6.07, 6.45) is 4.52. The summed E-state index contributed by atoms with van der Waals surface area (Å²) in [6, 6.07) is 3.21. The van der Waals surface area contributed by atoms with Crippen molar-refractivity contribution in [1.82, 2.24) is 14.8 Å². The number of rotatable bonds is 4. The molecule has 3 rings (SSSR count). The predicted molar refractivity (Wildman–Crippen MR) is 98.0 cm³/mol. The molecular formula is C19H26N4O4. The quantitative estimate of drug-likeness (QED) is 0.839. The lowest BCUT2D eigenvalue weighted by Crippen LogP contribution is -2.49. The summed E-state index contributed by atoms with van der Waals surface area (Å²) in [5, 5.41) is 0. The van der Waals surface area contributed by atoms with E-state index in [9.17, 15) is 14.4 Å². The molecule has 146 valence electrons. The standard InChI is InChI=1S/C19H26N4O4/c1-13(24)22-9-5-14(6-10-22)19(26)23-8-2-3-16(12-23)27-15-4-7-21-17(11-15)18(20)25/h4,7,11,14,16H,2-3,5-6,8-10,12H2,1H3,(H2,20,25). The van der Waals surface area contributed by atoms with Gasteiger partial charge >= 0.3 is 0 Å². The fourth-order valence-electron chi connectivity index (χ4n) is 3.75. The van der Waals surface area contributed by atoms with Crippen molar-refractivity contribution in [2.24, 2.45) is 11.7 Å². The Balaban J connectivity index is 1.56. The number of hydrogen-bond acceptors (Lipinski definition) is 5.